The topological polar surface area (TPSA) is 69.7 Å². The summed E-state index contributed by atoms with van der Waals surface area (Å²) in [6, 6.07) is 7.72. The zero-order valence-corrected chi connectivity index (χ0v) is 18.0. The Balaban J connectivity index is 1.61. The molecule has 6 nitrogen and oxygen atoms in total. The molecule has 1 aromatic rings. The zero-order chi connectivity index (χ0) is 20.3. The molecule has 0 unspecified atom stereocenters. The van der Waals surface area contributed by atoms with Gasteiger partial charge in [-0.1, -0.05) is 18.2 Å². The predicted molar refractivity (Wildman–Crippen MR) is 111 cm³/mol. The first kappa shape index (κ1) is 21.1. The van der Waals surface area contributed by atoms with Crippen molar-refractivity contribution in [1.82, 2.24) is 15.1 Å². The van der Waals surface area contributed by atoms with E-state index >= 15 is 0 Å². The van der Waals surface area contributed by atoms with Crippen LogP contribution < -0.4 is 5.32 Å². The normalized spacial score (nSPS) is 19.0. The van der Waals surface area contributed by atoms with Crippen molar-refractivity contribution in [3.63, 3.8) is 0 Å². The molecule has 1 saturated heterocycles. The van der Waals surface area contributed by atoms with Gasteiger partial charge in [0.2, 0.25) is 0 Å². The van der Waals surface area contributed by atoms with Crippen molar-refractivity contribution >= 4 is 15.9 Å². The van der Waals surface area contributed by atoms with Crippen molar-refractivity contribution < 1.29 is 13.2 Å². The number of hydrogen-bond acceptors (Lipinski definition) is 4. The maximum absolute atomic E-state index is 12.7. The van der Waals surface area contributed by atoms with Crippen molar-refractivity contribution in [2.45, 2.75) is 63.1 Å². The summed E-state index contributed by atoms with van der Waals surface area (Å²) >= 11 is 0. The minimum atomic E-state index is -3.23. The summed E-state index contributed by atoms with van der Waals surface area (Å²) in [6.45, 7) is 7.23. The maximum atomic E-state index is 12.7. The number of sulfone groups is 1. The first-order valence-corrected chi connectivity index (χ1v) is 12.2. The van der Waals surface area contributed by atoms with E-state index in [0.717, 1.165) is 38.0 Å². The van der Waals surface area contributed by atoms with E-state index in [-0.39, 0.29) is 18.1 Å². The molecule has 1 saturated carbocycles. The van der Waals surface area contributed by atoms with E-state index in [1.165, 1.54) is 19.1 Å². The summed E-state index contributed by atoms with van der Waals surface area (Å²) in [5, 5.41) is 3.06. The third-order valence-electron chi connectivity index (χ3n) is 5.59. The number of amides is 2. The van der Waals surface area contributed by atoms with Crippen LogP contribution in [0, 0.1) is 5.92 Å². The summed E-state index contributed by atoms with van der Waals surface area (Å²) in [5.74, 6) is 0.664. The van der Waals surface area contributed by atoms with E-state index in [0.29, 0.717) is 17.4 Å². The molecule has 2 amide bonds. The van der Waals surface area contributed by atoms with Crippen molar-refractivity contribution in [2.24, 2.45) is 5.92 Å². The van der Waals surface area contributed by atoms with Gasteiger partial charge < -0.3 is 10.2 Å². The monoisotopic (exact) mass is 407 g/mol. The molecule has 0 bridgehead atoms. The molecule has 1 N–H and O–H groups in total. The number of nitrogens with one attached hydrogen (secondary N) is 1. The Bertz CT molecular complexity index is 782. The van der Waals surface area contributed by atoms with Crippen molar-refractivity contribution in [3.05, 3.63) is 29.8 Å². The number of urea groups is 1. The molecule has 7 heteroatoms. The van der Waals surface area contributed by atoms with Crippen LogP contribution in [0.15, 0.2) is 29.2 Å². The number of carbonyl (C=O) groups excluding carboxylic acids is 1. The van der Waals surface area contributed by atoms with E-state index in [9.17, 15) is 13.2 Å². The first-order valence-electron chi connectivity index (χ1n) is 10.3. The number of carbonyl (C=O) groups is 1. The van der Waals surface area contributed by atoms with Gasteiger partial charge in [-0.15, -0.1) is 0 Å². The molecule has 0 aromatic heterocycles. The molecule has 2 fully saturated rings. The number of piperidine rings is 1. The highest BCUT2D eigenvalue weighted by Gasteiger charge is 2.33. The molecule has 1 heterocycles. The van der Waals surface area contributed by atoms with Gasteiger partial charge in [0.25, 0.3) is 0 Å². The number of likely N-dealkylation sites (tertiary alicyclic amines) is 1. The fourth-order valence-corrected chi connectivity index (χ4v) is 4.87. The molecule has 1 aliphatic carbocycles. The van der Waals surface area contributed by atoms with Crippen molar-refractivity contribution in [1.29, 1.82) is 0 Å². The van der Waals surface area contributed by atoms with Crippen LogP contribution in [-0.2, 0) is 16.4 Å². The van der Waals surface area contributed by atoms with E-state index in [4.69, 9.17) is 0 Å². The van der Waals surface area contributed by atoms with Gasteiger partial charge in [-0.2, -0.15) is 0 Å². The maximum Gasteiger partial charge on any atom is 0.317 e. The molecule has 1 aliphatic heterocycles. The molecule has 3 rings (SSSR count). The summed E-state index contributed by atoms with van der Waals surface area (Å²) < 4.78 is 24.1. The molecule has 156 valence electrons. The lowest BCUT2D eigenvalue weighted by atomic mass is 10.0. The number of benzene rings is 1. The predicted octanol–water partition coefficient (Wildman–Crippen LogP) is 2.88. The first-order chi connectivity index (χ1) is 13.2. The van der Waals surface area contributed by atoms with Crippen LogP contribution in [-0.4, -0.2) is 62.2 Å². The Morgan fingerprint density at radius 1 is 1.18 bits per heavy atom. The van der Waals surface area contributed by atoms with Gasteiger partial charge in [-0.3, -0.25) is 4.90 Å². The Kier molecular flexibility index (Phi) is 6.65. The Morgan fingerprint density at radius 3 is 2.39 bits per heavy atom. The van der Waals surface area contributed by atoms with E-state index < -0.39 is 9.84 Å². The van der Waals surface area contributed by atoms with Crippen LogP contribution in [0.2, 0.25) is 0 Å². The lowest BCUT2D eigenvalue weighted by Crippen LogP contribution is -2.52. The molecule has 0 spiro atoms. The molecule has 28 heavy (non-hydrogen) atoms. The third-order valence-corrected chi connectivity index (χ3v) is 6.79. The average Bonchev–Trinajstić information content (AvgIpc) is 3.44. The van der Waals surface area contributed by atoms with Gasteiger partial charge in [0.1, 0.15) is 0 Å². The highest BCUT2D eigenvalue weighted by Crippen LogP contribution is 2.32. The minimum absolute atomic E-state index is 0.0581. The van der Waals surface area contributed by atoms with E-state index in [2.05, 4.69) is 15.1 Å². The van der Waals surface area contributed by atoms with Crippen LogP contribution in [0.1, 0.15) is 45.1 Å². The van der Waals surface area contributed by atoms with Gasteiger partial charge >= 0.3 is 6.03 Å². The molecular weight excluding hydrogens is 374 g/mol. The van der Waals surface area contributed by atoms with Gasteiger partial charge in [-0.05, 0) is 57.1 Å². The van der Waals surface area contributed by atoms with Crippen LogP contribution >= 0.6 is 0 Å². The molecule has 0 radical (unpaired) electrons. The van der Waals surface area contributed by atoms with Crippen LogP contribution in [0.3, 0.4) is 0 Å². The van der Waals surface area contributed by atoms with Gasteiger partial charge in [0.15, 0.2) is 9.84 Å². The number of nitrogens with zero attached hydrogens (tertiary/aromatic N) is 2. The van der Waals surface area contributed by atoms with Crippen LogP contribution in [0.25, 0.3) is 0 Å². The third kappa shape index (κ3) is 5.70. The van der Waals surface area contributed by atoms with Crippen LogP contribution in [0.4, 0.5) is 4.79 Å². The standard InChI is InChI=1S/C21H33N3O3S/c1-16(2)22-21(25)24(14-17-8-9-17)19-10-12-23(13-11-19)15-18-6-4-5-7-20(18)28(3,26)27/h4-7,16-17,19H,8-15H2,1-3H3,(H,22,25). The summed E-state index contributed by atoms with van der Waals surface area (Å²) in [4.78, 5) is 17.5. The van der Waals surface area contributed by atoms with Crippen molar-refractivity contribution in [3.8, 4) is 0 Å². The Labute approximate surface area is 169 Å². The largest absolute Gasteiger partial charge is 0.336 e. The summed E-state index contributed by atoms with van der Waals surface area (Å²) in [6.07, 6.45) is 5.58. The second-order valence-electron chi connectivity index (χ2n) is 8.59. The summed E-state index contributed by atoms with van der Waals surface area (Å²) in [7, 11) is -3.23. The SMILES string of the molecule is CC(C)NC(=O)N(CC1CC1)C1CCN(Cc2ccccc2S(C)(=O)=O)CC1. The van der Waals surface area contributed by atoms with Gasteiger partial charge in [0, 0.05) is 44.5 Å². The minimum Gasteiger partial charge on any atom is -0.336 e. The van der Waals surface area contributed by atoms with Crippen molar-refractivity contribution in [2.75, 3.05) is 25.9 Å². The quantitative estimate of drug-likeness (QED) is 0.755. The lowest BCUT2D eigenvalue weighted by Gasteiger charge is -2.39. The molecule has 0 atom stereocenters. The smallest absolute Gasteiger partial charge is 0.317 e. The second kappa shape index (κ2) is 8.82. The Morgan fingerprint density at radius 2 is 1.82 bits per heavy atom. The lowest BCUT2D eigenvalue weighted by molar-refractivity contribution is 0.113. The fourth-order valence-electron chi connectivity index (χ4n) is 3.93. The van der Waals surface area contributed by atoms with E-state index in [1.54, 1.807) is 12.1 Å². The highest BCUT2D eigenvalue weighted by atomic mass is 32.2. The molecular formula is C21H33N3O3S. The van der Waals surface area contributed by atoms with Gasteiger partial charge in [-0.25, -0.2) is 13.2 Å². The van der Waals surface area contributed by atoms with E-state index in [1.807, 2.05) is 26.0 Å². The fraction of sp³-hybridized carbons (Fsp3) is 0.667. The zero-order valence-electron chi connectivity index (χ0n) is 17.2. The average molecular weight is 408 g/mol. The Hall–Kier alpha value is -1.60. The van der Waals surface area contributed by atoms with Gasteiger partial charge in [0.05, 0.1) is 4.90 Å². The second-order valence-corrected chi connectivity index (χ2v) is 10.6. The number of hydrogen-bond donors (Lipinski definition) is 1. The molecule has 1 aromatic carbocycles. The molecule has 2 aliphatic rings. The highest BCUT2D eigenvalue weighted by molar-refractivity contribution is 7.90. The number of rotatable bonds is 7. The van der Waals surface area contributed by atoms with Crippen LogP contribution in [0.5, 0.6) is 0 Å². The summed E-state index contributed by atoms with van der Waals surface area (Å²) in [5.41, 5.74) is 0.857.